The molecule has 0 bridgehead atoms. The number of benzene rings is 2. The highest BCUT2D eigenvalue weighted by molar-refractivity contribution is 6.30. The third kappa shape index (κ3) is 1.76. The van der Waals surface area contributed by atoms with E-state index in [0.29, 0.717) is 5.56 Å². The fraction of sp³-hybridized carbons (Fsp3) is 0.176. The maximum Gasteiger partial charge on any atom is 0.198 e. The van der Waals surface area contributed by atoms with Gasteiger partial charge in [-0.2, -0.15) is 0 Å². The van der Waals surface area contributed by atoms with Gasteiger partial charge in [-0.15, -0.1) is 0 Å². The van der Waals surface area contributed by atoms with Crippen molar-refractivity contribution >= 4 is 11.6 Å². The minimum absolute atomic E-state index is 0.0104. The monoisotopic (exact) mass is 282 g/mol. The van der Waals surface area contributed by atoms with Gasteiger partial charge in [-0.25, -0.2) is 0 Å². The van der Waals surface area contributed by atoms with Gasteiger partial charge in [0.2, 0.25) is 0 Å². The van der Waals surface area contributed by atoms with Crippen molar-refractivity contribution in [2.75, 3.05) is 0 Å². The molecule has 0 atom stereocenters. The molecule has 1 aliphatic rings. The average Bonchev–Trinajstić information content (AvgIpc) is 2.43. The fourth-order valence-electron chi connectivity index (χ4n) is 2.86. The number of ketones is 2. The Kier molecular flexibility index (Phi) is 2.83. The van der Waals surface area contributed by atoms with Gasteiger partial charge in [0.05, 0.1) is 5.56 Å². The number of hydrogen-bond acceptors (Lipinski definition) is 4. The van der Waals surface area contributed by atoms with E-state index in [2.05, 4.69) is 0 Å². The SMILES string of the molecule is CC(C)c1c(O)ccc2c1C(=O)c1c(O)cccc1C2=O. The van der Waals surface area contributed by atoms with Gasteiger partial charge >= 0.3 is 0 Å². The number of phenols is 2. The molecular weight excluding hydrogens is 268 g/mol. The van der Waals surface area contributed by atoms with Gasteiger partial charge in [-0.1, -0.05) is 26.0 Å². The molecule has 0 heterocycles. The molecule has 2 aromatic rings. The summed E-state index contributed by atoms with van der Waals surface area (Å²) in [6, 6.07) is 7.35. The highest BCUT2D eigenvalue weighted by Gasteiger charge is 2.35. The molecule has 0 amide bonds. The lowest BCUT2D eigenvalue weighted by molar-refractivity contribution is 0.0975. The molecule has 2 aromatic carbocycles. The molecule has 1 aliphatic carbocycles. The van der Waals surface area contributed by atoms with Crippen LogP contribution in [0.15, 0.2) is 30.3 Å². The lowest BCUT2D eigenvalue weighted by atomic mass is 9.79. The van der Waals surface area contributed by atoms with Crippen molar-refractivity contribution in [2.45, 2.75) is 19.8 Å². The first kappa shape index (κ1) is 13.4. The zero-order valence-corrected chi connectivity index (χ0v) is 11.7. The van der Waals surface area contributed by atoms with Gasteiger partial charge in [0, 0.05) is 22.3 Å². The van der Waals surface area contributed by atoms with Gasteiger partial charge in [0.1, 0.15) is 11.5 Å². The van der Waals surface area contributed by atoms with Crippen molar-refractivity contribution in [1.29, 1.82) is 0 Å². The molecule has 0 fully saturated rings. The Balaban J connectivity index is 2.39. The Hall–Kier alpha value is -2.62. The second-order valence-electron chi connectivity index (χ2n) is 5.43. The van der Waals surface area contributed by atoms with Crippen LogP contribution in [0, 0.1) is 0 Å². The Morgan fingerprint density at radius 2 is 1.48 bits per heavy atom. The summed E-state index contributed by atoms with van der Waals surface area (Å²) in [5.74, 6) is -1.07. The molecule has 0 radical (unpaired) electrons. The van der Waals surface area contributed by atoms with Crippen LogP contribution in [0.1, 0.15) is 57.2 Å². The molecule has 4 nitrogen and oxygen atoms in total. The first-order chi connectivity index (χ1) is 9.93. The van der Waals surface area contributed by atoms with Crippen LogP contribution in [-0.4, -0.2) is 21.8 Å². The Bertz CT molecular complexity index is 788. The van der Waals surface area contributed by atoms with Crippen molar-refractivity contribution in [2.24, 2.45) is 0 Å². The van der Waals surface area contributed by atoms with E-state index in [4.69, 9.17) is 0 Å². The second kappa shape index (κ2) is 4.45. The third-order valence-electron chi connectivity index (χ3n) is 3.79. The highest BCUT2D eigenvalue weighted by atomic mass is 16.3. The molecule has 4 heteroatoms. The largest absolute Gasteiger partial charge is 0.508 e. The summed E-state index contributed by atoms with van der Waals surface area (Å²) in [4.78, 5) is 25.3. The van der Waals surface area contributed by atoms with Gasteiger partial charge < -0.3 is 10.2 Å². The predicted molar refractivity (Wildman–Crippen MR) is 77.2 cm³/mol. The number of rotatable bonds is 1. The molecule has 0 spiro atoms. The van der Waals surface area contributed by atoms with E-state index < -0.39 is 5.78 Å². The van der Waals surface area contributed by atoms with E-state index in [1.54, 1.807) is 0 Å². The topological polar surface area (TPSA) is 74.6 Å². The molecule has 0 unspecified atom stereocenters. The first-order valence-corrected chi connectivity index (χ1v) is 6.70. The normalized spacial score (nSPS) is 13.3. The predicted octanol–water partition coefficient (Wildman–Crippen LogP) is 3.00. The Labute approximate surface area is 121 Å². The summed E-state index contributed by atoms with van der Waals surface area (Å²) < 4.78 is 0. The van der Waals surface area contributed by atoms with E-state index in [1.165, 1.54) is 30.3 Å². The van der Waals surface area contributed by atoms with Crippen molar-refractivity contribution < 1.29 is 19.8 Å². The van der Waals surface area contributed by atoms with Crippen molar-refractivity contribution in [3.63, 3.8) is 0 Å². The first-order valence-electron chi connectivity index (χ1n) is 6.70. The van der Waals surface area contributed by atoms with Gasteiger partial charge in [-0.3, -0.25) is 9.59 Å². The van der Waals surface area contributed by atoms with E-state index in [1.807, 2.05) is 13.8 Å². The Morgan fingerprint density at radius 1 is 0.810 bits per heavy atom. The number of phenolic OH excluding ortho intramolecular Hbond substituents is 2. The molecule has 106 valence electrons. The van der Waals surface area contributed by atoms with E-state index >= 15 is 0 Å². The number of carbonyl (C=O) groups is 2. The van der Waals surface area contributed by atoms with Gasteiger partial charge in [0.25, 0.3) is 0 Å². The highest BCUT2D eigenvalue weighted by Crippen LogP contribution is 2.39. The summed E-state index contributed by atoms with van der Waals surface area (Å²) in [7, 11) is 0. The lowest BCUT2D eigenvalue weighted by Crippen LogP contribution is -2.23. The summed E-state index contributed by atoms with van der Waals surface area (Å²) >= 11 is 0. The summed E-state index contributed by atoms with van der Waals surface area (Å²) in [6.07, 6.45) is 0. The van der Waals surface area contributed by atoms with Gasteiger partial charge in [0.15, 0.2) is 11.6 Å². The van der Waals surface area contributed by atoms with Crippen LogP contribution in [0.4, 0.5) is 0 Å². The average molecular weight is 282 g/mol. The van der Waals surface area contributed by atoms with Crippen molar-refractivity contribution in [3.8, 4) is 11.5 Å². The van der Waals surface area contributed by atoms with E-state index in [0.717, 1.165) is 0 Å². The smallest absolute Gasteiger partial charge is 0.198 e. The van der Waals surface area contributed by atoms with Crippen LogP contribution >= 0.6 is 0 Å². The number of carbonyl (C=O) groups excluding carboxylic acids is 2. The van der Waals surface area contributed by atoms with Crippen LogP contribution in [0.25, 0.3) is 0 Å². The maximum atomic E-state index is 12.7. The number of aromatic hydroxyl groups is 2. The van der Waals surface area contributed by atoms with E-state index in [9.17, 15) is 19.8 Å². The summed E-state index contributed by atoms with van der Waals surface area (Å²) in [5.41, 5.74) is 1.14. The van der Waals surface area contributed by atoms with Crippen molar-refractivity contribution in [1.82, 2.24) is 0 Å². The molecule has 0 saturated carbocycles. The van der Waals surface area contributed by atoms with Crippen LogP contribution < -0.4 is 0 Å². The Morgan fingerprint density at radius 3 is 2.14 bits per heavy atom. The van der Waals surface area contributed by atoms with Crippen LogP contribution in [-0.2, 0) is 0 Å². The number of hydrogen-bond donors (Lipinski definition) is 2. The maximum absolute atomic E-state index is 12.7. The quantitative estimate of drug-likeness (QED) is 0.719. The van der Waals surface area contributed by atoms with Crippen LogP contribution in [0.3, 0.4) is 0 Å². The third-order valence-corrected chi connectivity index (χ3v) is 3.79. The van der Waals surface area contributed by atoms with Crippen molar-refractivity contribution in [3.05, 3.63) is 58.1 Å². The minimum atomic E-state index is -0.419. The molecule has 21 heavy (non-hydrogen) atoms. The molecule has 0 aliphatic heterocycles. The van der Waals surface area contributed by atoms with Crippen LogP contribution in [0.5, 0.6) is 11.5 Å². The molecular formula is C17H14O4. The zero-order chi connectivity index (χ0) is 15.3. The molecule has 3 rings (SSSR count). The minimum Gasteiger partial charge on any atom is -0.508 e. The van der Waals surface area contributed by atoms with Crippen LogP contribution in [0.2, 0.25) is 0 Å². The van der Waals surface area contributed by atoms with E-state index in [-0.39, 0.29) is 45.5 Å². The zero-order valence-electron chi connectivity index (χ0n) is 11.7. The van der Waals surface area contributed by atoms with Gasteiger partial charge in [-0.05, 0) is 24.1 Å². The lowest BCUT2D eigenvalue weighted by Gasteiger charge is -2.23. The molecule has 0 aromatic heterocycles. The summed E-state index contributed by atoms with van der Waals surface area (Å²) in [5, 5.41) is 20.0. The molecule has 2 N–H and O–H groups in total. The molecule has 0 saturated heterocycles. The number of fused-ring (bicyclic) bond motifs is 2. The second-order valence-corrected chi connectivity index (χ2v) is 5.43. The standard InChI is InChI=1S/C17H14O4/c1-8(2)13-12(19)7-6-10-15(13)17(21)14-9(16(10)20)4-3-5-11(14)18/h3-8,18-19H,1-2H3. The summed E-state index contributed by atoms with van der Waals surface area (Å²) in [6.45, 7) is 3.68. The fourth-order valence-corrected chi connectivity index (χ4v) is 2.86.